The van der Waals surface area contributed by atoms with E-state index in [1.807, 2.05) is 17.7 Å². The second kappa shape index (κ2) is 4.77. The van der Waals surface area contributed by atoms with Gasteiger partial charge < -0.3 is 5.32 Å². The van der Waals surface area contributed by atoms with Gasteiger partial charge >= 0.3 is 0 Å². The highest BCUT2D eigenvalue weighted by Crippen LogP contribution is 2.16. The van der Waals surface area contributed by atoms with Gasteiger partial charge in [-0.25, -0.2) is 0 Å². The topological polar surface area (TPSA) is 46.9 Å². The van der Waals surface area contributed by atoms with Crippen LogP contribution in [-0.4, -0.2) is 15.7 Å². The highest BCUT2D eigenvalue weighted by atomic mass is 16.1. The van der Waals surface area contributed by atoms with Gasteiger partial charge in [0.15, 0.2) is 5.82 Å². The van der Waals surface area contributed by atoms with Crippen molar-refractivity contribution >= 4 is 11.7 Å². The van der Waals surface area contributed by atoms with Gasteiger partial charge in [-0.05, 0) is 26.3 Å². The van der Waals surface area contributed by atoms with Gasteiger partial charge in [0, 0.05) is 17.8 Å². The van der Waals surface area contributed by atoms with Gasteiger partial charge in [0.2, 0.25) is 5.91 Å². The van der Waals surface area contributed by atoms with Crippen LogP contribution in [0, 0.1) is 6.92 Å². The molecule has 0 saturated carbocycles. The monoisotopic (exact) mass is 207 g/mol. The number of aromatic nitrogens is 2. The van der Waals surface area contributed by atoms with Crippen molar-refractivity contribution in [2.24, 2.45) is 0 Å². The van der Waals surface area contributed by atoms with Crippen LogP contribution in [0.15, 0.2) is 18.7 Å². The third kappa shape index (κ3) is 2.68. The number of nitrogens with one attached hydrogen (secondary N) is 1. The van der Waals surface area contributed by atoms with E-state index < -0.39 is 0 Å². The predicted octanol–water partition coefficient (Wildman–Crippen LogP) is 2.29. The molecule has 0 spiro atoms. The zero-order valence-electron chi connectivity index (χ0n) is 9.45. The second-order valence-corrected chi connectivity index (χ2v) is 3.57. The number of carbonyl (C=O) groups is 1. The van der Waals surface area contributed by atoms with Crippen LogP contribution in [0.2, 0.25) is 0 Å². The molecule has 1 atom stereocenters. The van der Waals surface area contributed by atoms with E-state index in [9.17, 15) is 4.79 Å². The van der Waals surface area contributed by atoms with Crippen LogP contribution in [0.4, 0.5) is 5.82 Å². The average Bonchev–Trinajstić information content (AvgIpc) is 2.58. The molecule has 0 aliphatic rings. The van der Waals surface area contributed by atoms with Crippen molar-refractivity contribution in [2.75, 3.05) is 5.32 Å². The number of amides is 1. The average molecular weight is 207 g/mol. The highest BCUT2D eigenvalue weighted by Gasteiger charge is 2.09. The normalized spacial score (nSPS) is 12.2. The number of aryl methyl sites for hydroxylation is 1. The molecule has 1 aromatic heterocycles. The molecule has 1 unspecified atom stereocenters. The van der Waals surface area contributed by atoms with E-state index in [1.54, 1.807) is 0 Å². The first-order chi connectivity index (χ1) is 7.08. The molecule has 0 saturated heterocycles. The SMILES string of the molecule is C=CC(=O)Nc1cc(C)n(C(C)CC)n1. The maximum atomic E-state index is 11.1. The van der Waals surface area contributed by atoms with Gasteiger partial charge in [-0.15, -0.1) is 0 Å². The molecule has 1 rings (SSSR count). The first-order valence-corrected chi connectivity index (χ1v) is 5.08. The Labute approximate surface area is 90.0 Å². The van der Waals surface area contributed by atoms with Crippen LogP contribution in [-0.2, 0) is 4.79 Å². The summed E-state index contributed by atoms with van der Waals surface area (Å²) < 4.78 is 1.92. The minimum Gasteiger partial charge on any atom is -0.306 e. The van der Waals surface area contributed by atoms with Crippen LogP contribution in [0.3, 0.4) is 0 Å². The summed E-state index contributed by atoms with van der Waals surface area (Å²) in [5.41, 5.74) is 1.05. The summed E-state index contributed by atoms with van der Waals surface area (Å²) in [6, 6.07) is 2.20. The molecule has 4 nitrogen and oxygen atoms in total. The van der Waals surface area contributed by atoms with Crippen LogP contribution < -0.4 is 5.32 Å². The molecular formula is C11H17N3O. The van der Waals surface area contributed by atoms with E-state index in [4.69, 9.17) is 0 Å². The lowest BCUT2D eigenvalue weighted by Crippen LogP contribution is -2.10. The van der Waals surface area contributed by atoms with Gasteiger partial charge in [0.05, 0.1) is 0 Å². The predicted molar refractivity (Wildman–Crippen MR) is 60.8 cm³/mol. The van der Waals surface area contributed by atoms with Crippen LogP contribution >= 0.6 is 0 Å². The summed E-state index contributed by atoms with van der Waals surface area (Å²) in [5.74, 6) is 0.349. The number of hydrogen-bond donors (Lipinski definition) is 1. The Morgan fingerprint density at radius 2 is 2.47 bits per heavy atom. The first kappa shape index (κ1) is 11.5. The lowest BCUT2D eigenvalue weighted by Gasteiger charge is -2.10. The zero-order chi connectivity index (χ0) is 11.4. The van der Waals surface area contributed by atoms with Crippen molar-refractivity contribution in [1.29, 1.82) is 0 Å². The van der Waals surface area contributed by atoms with Gasteiger partial charge in [-0.2, -0.15) is 5.10 Å². The van der Waals surface area contributed by atoms with E-state index >= 15 is 0 Å². The second-order valence-electron chi connectivity index (χ2n) is 3.57. The van der Waals surface area contributed by atoms with Crippen molar-refractivity contribution in [3.05, 3.63) is 24.4 Å². The fraction of sp³-hybridized carbons (Fsp3) is 0.455. The first-order valence-electron chi connectivity index (χ1n) is 5.08. The lowest BCUT2D eigenvalue weighted by molar-refractivity contribution is -0.111. The molecule has 0 radical (unpaired) electrons. The Morgan fingerprint density at radius 1 is 1.80 bits per heavy atom. The fourth-order valence-corrected chi connectivity index (χ4v) is 1.35. The van der Waals surface area contributed by atoms with Gasteiger partial charge in [-0.1, -0.05) is 13.5 Å². The third-order valence-corrected chi connectivity index (χ3v) is 2.37. The van der Waals surface area contributed by atoms with E-state index in [1.165, 1.54) is 6.08 Å². The Bertz CT molecular complexity index is 368. The van der Waals surface area contributed by atoms with E-state index in [0.717, 1.165) is 12.1 Å². The standard InChI is InChI=1S/C11H17N3O/c1-5-8(3)14-9(4)7-10(13-14)12-11(15)6-2/h6-8H,2,5H2,1,3-4H3,(H,12,13,15). The summed E-state index contributed by atoms with van der Waals surface area (Å²) in [5, 5.41) is 6.95. The van der Waals surface area contributed by atoms with Gasteiger partial charge in [-0.3, -0.25) is 9.48 Å². The fourth-order valence-electron chi connectivity index (χ4n) is 1.35. The number of nitrogens with zero attached hydrogens (tertiary/aromatic N) is 2. The maximum Gasteiger partial charge on any atom is 0.248 e. The molecule has 1 heterocycles. The minimum absolute atomic E-state index is 0.233. The molecule has 15 heavy (non-hydrogen) atoms. The molecule has 0 aromatic carbocycles. The lowest BCUT2D eigenvalue weighted by atomic mass is 10.2. The Balaban J connectivity index is 2.85. The molecule has 0 aliphatic heterocycles. The van der Waals surface area contributed by atoms with E-state index in [0.29, 0.717) is 11.9 Å². The molecular weight excluding hydrogens is 190 g/mol. The zero-order valence-corrected chi connectivity index (χ0v) is 9.45. The molecule has 82 valence electrons. The summed E-state index contributed by atoms with van der Waals surface area (Å²) in [7, 11) is 0. The molecule has 0 bridgehead atoms. The molecule has 4 heteroatoms. The van der Waals surface area contributed by atoms with Crippen molar-refractivity contribution in [3.63, 3.8) is 0 Å². The Kier molecular flexibility index (Phi) is 3.66. The molecule has 0 aliphatic carbocycles. The maximum absolute atomic E-state index is 11.1. The number of hydrogen-bond acceptors (Lipinski definition) is 2. The van der Waals surface area contributed by atoms with Crippen LogP contribution in [0.25, 0.3) is 0 Å². The molecule has 1 N–H and O–H groups in total. The van der Waals surface area contributed by atoms with Gasteiger partial charge in [0.1, 0.15) is 0 Å². The Morgan fingerprint density at radius 3 is 3.00 bits per heavy atom. The quantitative estimate of drug-likeness (QED) is 0.770. The highest BCUT2D eigenvalue weighted by molar-refractivity contribution is 5.98. The van der Waals surface area contributed by atoms with Crippen molar-refractivity contribution in [1.82, 2.24) is 9.78 Å². The van der Waals surface area contributed by atoms with Crippen LogP contribution in [0.1, 0.15) is 32.0 Å². The Hall–Kier alpha value is -1.58. The largest absolute Gasteiger partial charge is 0.306 e. The summed E-state index contributed by atoms with van der Waals surface area (Å²) in [6.07, 6.45) is 2.25. The van der Waals surface area contributed by atoms with Gasteiger partial charge in [0.25, 0.3) is 0 Å². The molecule has 1 aromatic rings. The van der Waals surface area contributed by atoms with Crippen LogP contribution in [0.5, 0.6) is 0 Å². The summed E-state index contributed by atoms with van der Waals surface area (Å²) in [4.78, 5) is 11.1. The minimum atomic E-state index is -0.233. The van der Waals surface area contributed by atoms with Crippen molar-refractivity contribution in [2.45, 2.75) is 33.2 Å². The summed E-state index contributed by atoms with van der Waals surface area (Å²) in [6.45, 7) is 9.57. The smallest absolute Gasteiger partial charge is 0.248 e. The molecule has 0 fully saturated rings. The van der Waals surface area contributed by atoms with E-state index in [2.05, 4.69) is 30.8 Å². The molecule has 1 amide bonds. The summed E-state index contributed by atoms with van der Waals surface area (Å²) >= 11 is 0. The van der Waals surface area contributed by atoms with Crippen molar-refractivity contribution < 1.29 is 4.79 Å². The number of anilines is 1. The van der Waals surface area contributed by atoms with Crippen molar-refractivity contribution in [3.8, 4) is 0 Å². The third-order valence-electron chi connectivity index (χ3n) is 2.37. The number of carbonyl (C=O) groups excluding carboxylic acids is 1. The van der Waals surface area contributed by atoms with E-state index in [-0.39, 0.29) is 5.91 Å². The number of rotatable bonds is 4.